The second kappa shape index (κ2) is 11.4. The van der Waals surface area contributed by atoms with E-state index in [1.807, 2.05) is 56.3 Å². The molecule has 0 spiro atoms. The monoisotopic (exact) mass is 516 g/mol. The van der Waals surface area contributed by atoms with Crippen molar-refractivity contribution in [3.63, 3.8) is 0 Å². The molecular formula is C30H32N2O6. The minimum Gasteiger partial charge on any atom is -0.507 e. The minimum atomic E-state index is -0.874. The highest BCUT2D eigenvalue weighted by molar-refractivity contribution is 6.46. The van der Waals surface area contributed by atoms with Crippen molar-refractivity contribution < 1.29 is 29.3 Å². The number of rotatable bonds is 9. The Labute approximate surface area is 222 Å². The number of likely N-dealkylation sites (tertiary alicyclic amines) is 1. The lowest BCUT2D eigenvalue weighted by Gasteiger charge is -2.27. The predicted molar refractivity (Wildman–Crippen MR) is 144 cm³/mol. The van der Waals surface area contributed by atoms with E-state index in [1.165, 1.54) is 18.1 Å². The van der Waals surface area contributed by atoms with Gasteiger partial charge in [-0.2, -0.15) is 0 Å². The molecule has 0 saturated carbocycles. The molecule has 0 bridgehead atoms. The minimum absolute atomic E-state index is 0.0318. The van der Waals surface area contributed by atoms with Crippen molar-refractivity contribution in [2.24, 2.45) is 0 Å². The van der Waals surface area contributed by atoms with Crippen molar-refractivity contribution in [1.29, 1.82) is 0 Å². The maximum Gasteiger partial charge on any atom is 0.295 e. The smallest absolute Gasteiger partial charge is 0.295 e. The van der Waals surface area contributed by atoms with Crippen molar-refractivity contribution >= 4 is 17.4 Å². The van der Waals surface area contributed by atoms with Gasteiger partial charge in [0, 0.05) is 18.7 Å². The summed E-state index contributed by atoms with van der Waals surface area (Å²) in [5.41, 5.74) is 2.64. The number of hydrogen-bond donors (Lipinski definition) is 2. The number of likely N-dealkylation sites (N-methyl/N-ethyl adjacent to an activating group) is 1. The van der Waals surface area contributed by atoms with Crippen molar-refractivity contribution in [2.75, 3.05) is 34.3 Å². The van der Waals surface area contributed by atoms with Gasteiger partial charge in [0.25, 0.3) is 11.7 Å². The number of aryl methyl sites for hydroxylation is 1. The van der Waals surface area contributed by atoms with Gasteiger partial charge in [0.2, 0.25) is 0 Å². The molecule has 1 amide bonds. The standard InChI is InChI=1S/C30H32N2O6/c1-19-16-22(11-12-24(19)38-18-20-8-6-5-7-9-20)28(34)26-27(21-10-13-25(37-4)23(33)17-21)32(15-14-31(2)3)30(36)29(26)35/h5-13,16-17,27,33-34H,14-15,18H2,1-4H3/b28-26-. The van der Waals surface area contributed by atoms with Crippen LogP contribution in [0, 0.1) is 6.92 Å². The van der Waals surface area contributed by atoms with Gasteiger partial charge in [0.1, 0.15) is 18.1 Å². The Bertz CT molecular complexity index is 1370. The first-order valence-corrected chi connectivity index (χ1v) is 12.3. The van der Waals surface area contributed by atoms with E-state index in [4.69, 9.17) is 9.47 Å². The third-order valence-electron chi connectivity index (χ3n) is 6.53. The van der Waals surface area contributed by atoms with Crippen molar-refractivity contribution in [2.45, 2.75) is 19.6 Å². The normalized spacial score (nSPS) is 16.8. The molecule has 38 heavy (non-hydrogen) atoms. The summed E-state index contributed by atoms with van der Waals surface area (Å²) < 4.78 is 11.1. The second-order valence-electron chi connectivity index (χ2n) is 9.48. The van der Waals surface area contributed by atoms with Crippen LogP contribution in [0.15, 0.2) is 72.3 Å². The number of phenolic OH excluding ortho intramolecular Hbond substituents is 1. The summed E-state index contributed by atoms with van der Waals surface area (Å²) in [7, 11) is 5.18. The van der Waals surface area contributed by atoms with Crippen LogP contribution in [0.2, 0.25) is 0 Å². The topological polar surface area (TPSA) is 99.5 Å². The van der Waals surface area contributed by atoms with E-state index in [9.17, 15) is 19.8 Å². The van der Waals surface area contributed by atoms with Crippen molar-refractivity contribution in [3.8, 4) is 17.2 Å². The molecule has 1 unspecified atom stereocenters. The molecule has 1 aliphatic rings. The number of carbonyl (C=O) groups excluding carboxylic acids is 2. The number of methoxy groups -OCH3 is 1. The summed E-state index contributed by atoms with van der Waals surface area (Å²) in [6, 6.07) is 18.7. The van der Waals surface area contributed by atoms with E-state index < -0.39 is 17.7 Å². The van der Waals surface area contributed by atoms with Gasteiger partial charge in [-0.15, -0.1) is 0 Å². The molecule has 4 rings (SSSR count). The Morgan fingerprint density at radius 2 is 1.71 bits per heavy atom. The molecule has 1 atom stereocenters. The Morgan fingerprint density at radius 3 is 2.34 bits per heavy atom. The van der Waals surface area contributed by atoms with Crippen LogP contribution < -0.4 is 9.47 Å². The van der Waals surface area contributed by atoms with Crippen LogP contribution in [0.4, 0.5) is 0 Å². The zero-order valence-electron chi connectivity index (χ0n) is 22.0. The summed E-state index contributed by atoms with van der Waals surface area (Å²) in [6.45, 7) is 3.02. The molecular weight excluding hydrogens is 484 g/mol. The number of aliphatic hydroxyl groups excluding tert-OH is 1. The quantitative estimate of drug-likeness (QED) is 0.249. The number of amides is 1. The number of benzene rings is 3. The zero-order valence-corrected chi connectivity index (χ0v) is 22.0. The number of nitrogens with zero attached hydrogens (tertiary/aromatic N) is 2. The van der Waals surface area contributed by atoms with Gasteiger partial charge in [-0.25, -0.2) is 0 Å². The fraction of sp³-hybridized carbons (Fsp3) is 0.267. The van der Waals surface area contributed by atoms with Gasteiger partial charge < -0.3 is 29.5 Å². The zero-order chi connectivity index (χ0) is 27.4. The molecule has 0 aliphatic carbocycles. The first-order chi connectivity index (χ1) is 18.2. The summed E-state index contributed by atoms with van der Waals surface area (Å²) in [5, 5.41) is 21.8. The fourth-order valence-corrected chi connectivity index (χ4v) is 4.49. The largest absolute Gasteiger partial charge is 0.507 e. The number of carbonyl (C=O) groups is 2. The fourth-order valence-electron chi connectivity index (χ4n) is 4.49. The van der Waals surface area contributed by atoms with Gasteiger partial charge in [0.05, 0.1) is 18.7 Å². The third kappa shape index (κ3) is 5.50. The van der Waals surface area contributed by atoms with Crippen LogP contribution in [0.3, 0.4) is 0 Å². The molecule has 1 aliphatic heterocycles. The molecule has 1 heterocycles. The van der Waals surface area contributed by atoms with E-state index in [0.717, 1.165) is 11.1 Å². The summed E-state index contributed by atoms with van der Waals surface area (Å²) in [4.78, 5) is 29.7. The molecule has 8 nitrogen and oxygen atoms in total. The maximum absolute atomic E-state index is 13.2. The highest BCUT2D eigenvalue weighted by Gasteiger charge is 2.46. The van der Waals surface area contributed by atoms with Crippen molar-refractivity contribution in [3.05, 3.63) is 94.6 Å². The van der Waals surface area contributed by atoms with Crippen LogP contribution >= 0.6 is 0 Å². The van der Waals surface area contributed by atoms with Crippen LogP contribution in [-0.4, -0.2) is 66.0 Å². The SMILES string of the molecule is COc1ccc(C2/C(=C(/O)c3ccc(OCc4ccccc4)c(C)c3)C(=O)C(=O)N2CCN(C)C)cc1O. The van der Waals surface area contributed by atoms with Gasteiger partial charge in [-0.05, 0) is 68.0 Å². The van der Waals surface area contributed by atoms with Gasteiger partial charge in [-0.1, -0.05) is 36.4 Å². The van der Waals surface area contributed by atoms with E-state index >= 15 is 0 Å². The number of aromatic hydroxyl groups is 1. The molecule has 3 aromatic carbocycles. The van der Waals surface area contributed by atoms with Gasteiger partial charge >= 0.3 is 0 Å². The Balaban J connectivity index is 1.72. The van der Waals surface area contributed by atoms with Crippen LogP contribution in [0.1, 0.15) is 28.3 Å². The van der Waals surface area contributed by atoms with Crippen LogP contribution in [-0.2, 0) is 16.2 Å². The summed E-state index contributed by atoms with van der Waals surface area (Å²) in [5.74, 6) is -0.973. The first-order valence-electron chi connectivity index (χ1n) is 12.3. The number of aliphatic hydroxyl groups is 1. The first kappa shape index (κ1) is 26.8. The summed E-state index contributed by atoms with van der Waals surface area (Å²) in [6.07, 6.45) is 0. The Hall–Kier alpha value is -4.30. The molecule has 3 aromatic rings. The molecule has 198 valence electrons. The molecule has 2 N–H and O–H groups in total. The number of hydrogen-bond acceptors (Lipinski definition) is 7. The number of ether oxygens (including phenoxy) is 2. The highest BCUT2D eigenvalue weighted by Crippen LogP contribution is 2.42. The molecule has 1 saturated heterocycles. The van der Waals surface area contributed by atoms with Gasteiger partial charge in [0.15, 0.2) is 11.5 Å². The maximum atomic E-state index is 13.2. The Morgan fingerprint density at radius 1 is 1.00 bits per heavy atom. The van der Waals surface area contributed by atoms with E-state index in [2.05, 4.69) is 0 Å². The van der Waals surface area contributed by atoms with E-state index in [-0.39, 0.29) is 29.4 Å². The predicted octanol–water partition coefficient (Wildman–Crippen LogP) is 4.27. The molecule has 0 radical (unpaired) electrons. The molecule has 1 fully saturated rings. The van der Waals surface area contributed by atoms with E-state index in [0.29, 0.717) is 30.0 Å². The average Bonchev–Trinajstić information content (AvgIpc) is 3.16. The average molecular weight is 517 g/mol. The molecule has 8 heteroatoms. The lowest BCUT2D eigenvalue weighted by atomic mass is 9.94. The lowest BCUT2D eigenvalue weighted by molar-refractivity contribution is -0.140. The number of phenols is 1. The van der Waals surface area contributed by atoms with Crippen molar-refractivity contribution in [1.82, 2.24) is 9.80 Å². The number of Topliss-reactive ketones (excluding diaryl/α,β-unsaturated/α-hetero) is 1. The highest BCUT2D eigenvalue weighted by atomic mass is 16.5. The number of ketones is 1. The second-order valence-corrected chi connectivity index (χ2v) is 9.48. The third-order valence-corrected chi connectivity index (χ3v) is 6.53. The van der Waals surface area contributed by atoms with Crippen LogP contribution in [0.25, 0.3) is 5.76 Å². The van der Waals surface area contributed by atoms with E-state index in [1.54, 1.807) is 30.3 Å². The lowest BCUT2D eigenvalue weighted by Crippen LogP contribution is -2.35. The molecule has 0 aromatic heterocycles. The summed E-state index contributed by atoms with van der Waals surface area (Å²) >= 11 is 0. The van der Waals surface area contributed by atoms with Gasteiger partial charge in [-0.3, -0.25) is 9.59 Å². The Kier molecular flexibility index (Phi) is 8.02. The van der Waals surface area contributed by atoms with Crippen LogP contribution in [0.5, 0.6) is 17.2 Å².